The summed E-state index contributed by atoms with van der Waals surface area (Å²) in [5, 5.41) is 0. The molecule has 2 atom stereocenters. The quantitative estimate of drug-likeness (QED) is 0.873. The lowest BCUT2D eigenvalue weighted by Crippen LogP contribution is -2.48. The van der Waals surface area contributed by atoms with Gasteiger partial charge in [0.05, 0.1) is 30.3 Å². The number of morpholine rings is 1. The number of rotatable bonds is 3. The van der Waals surface area contributed by atoms with Gasteiger partial charge in [-0.25, -0.2) is 9.37 Å². The van der Waals surface area contributed by atoms with Gasteiger partial charge in [-0.1, -0.05) is 0 Å². The molecule has 0 radical (unpaired) electrons. The predicted octanol–water partition coefficient (Wildman–Crippen LogP) is 2.95. The fraction of sp³-hybridized carbons (Fsp3) is 0.588. The standard InChI is InChI=1S/C17H22FN3O/c1-2-21-14-7-6-12(18)10-13(14)19-17(21)11-20-8-9-22-16-5-3-4-15(16)20/h6-7,10,15-16H,2-5,8-9,11H2,1H3/t15-,16-/m1/s1. The number of aromatic nitrogens is 2. The summed E-state index contributed by atoms with van der Waals surface area (Å²) in [4.78, 5) is 7.20. The molecule has 2 aliphatic rings. The van der Waals surface area contributed by atoms with Crippen molar-refractivity contribution >= 4 is 11.0 Å². The first-order valence-electron chi connectivity index (χ1n) is 8.26. The van der Waals surface area contributed by atoms with Gasteiger partial charge in [-0.15, -0.1) is 0 Å². The van der Waals surface area contributed by atoms with Gasteiger partial charge in [-0.3, -0.25) is 4.90 Å². The molecule has 1 aliphatic carbocycles. The van der Waals surface area contributed by atoms with Crippen molar-refractivity contribution in [1.29, 1.82) is 0 Å². The average Bonchev–Trinajstić information content (AvgIpc) is 3.11. The van der Waals surface area contributed by atoms with E-state index in [1.165, 1.54) is 31.4 Å². The van der Waals surface area contributed by atoms with Crippen molar-refractivity contribution < 1.29 is 9.13 Å². The first kappa shape index (κ1) is 14.2. The van der Waals surface area contributed by atoms with Gasteiger partial charge in [0.25, 0.3) is 0 Å². The third kappa shape index (κ3) is 2.32. The molecule has 5 heteroatoms. The Hall–Kier alpha value is -1.46. The molecule has 4 nitrogen and oxygen atoms in total. The third-order valence-corrected chi connectivity index (χ3v) is 5.05. The summed E-state index contributed by atoms with van der Waals surface area (Å²) in [6, 6.07) is 5.41. The molecule has 0 unspecified atom stereocenters. The van der Waals surface area contributed by atoms with E-state index in [9.17, 15) is 4.39 Å². The van der Waals surface area contributed by atoms with Crippen LogP contribution in [-0.4, -0.2) is 39.7 Å². The fourth-order valence-corrected chi connectivity index (χ4v) is 4.01. The fourth-order valence-electron chi connectivity index (χ4n) is 4.01. The molecule has 1 aromatic carbocycles. The van der Waals surface area contributed by atoms with E-state index in [2.05, 4.69) is 16.4 Å². The molecule has 1 saturated heterocycles. The van der Waals surface area contributed by atoms with Gasteiger partial charge in [0, 0.05) is 25.2 Å². The van der Waals surface area contributed by atoms with Crippen LogP contribution < -0.4 is 0 Å². The van der Waals surface area contributed by atoms with E-state index in [0.29, 0.717) is 12.1 Å². The lowest BCUT2D eigenvalue weighted by Gasteiger charge is -2.37. The second-order valence-electron chi connectivity index (χ2n) is 6.28. The molecule has 118 valence electrons. The molecule has 1 saturated carbocycles. The van der Waals surface area contributed by atoms with Gasteiger partial charge >= 0.3 is 0 Å². The first-order chi connectivity index (χ1) is 10.8. The number of nitrogens with zero attached hydrogens (tertiary/aromatic N) is 3. The Balaban J connectivity index is 1.65. The van der Waals surface area contributed by atoms with Gasteiger partial charge in [-0.05, 0) is 38.3 Å². The van der Waals surface area contributed by atoms with Crippen LogP contribution in [0.2, 0.25) is 0 Å². The molecule has 1 aromatic heterocycles. The highest BCUT2D eigenvalue weighted by molar-refractivity contribution is 5.76. The molecule has 2 aromatic rings. The van der Waals surface area contributed by atoms with Crippen LogP contribution in [-0.2, 0) is 17.8 Å². The number of hydrogen-bond acceptors (Lipinski definition) is 3. The molecule has 0 spiro atoms. The lowest BCUT2D eigenvalue weighted by molar-refractivity contribution is -0.0598. The maximum atomic E-state index is 13.4. The summed E-state index contributed by atoms with van der Waals surface area (Å²) in [6.45, 7) is 5.57. The minimum atomic E-state index is -0.220. The molecule has 4 rings (SSSR count). The second kappa shape index (κ2) is 5.63. The smallest absolute Gasteiger partial charge is 0.125 e. The molecular formula is C17H22FN3O. The van der Waals surface area contributed by atoms with Gasteiger partial charge < -0.3 is 9.30 Å². The van der Waals surface area contributed by atoms with E-state index in [1.807, 2.05) is 6.07 Å². The molecule has 1 aliphatic heterocycles. The monoisotopic (exact) mass is 303 g/mol. The van der Waals surface area contributed by atoms with Crippen LogP contribution in [0.4, 0.5) is 4.39 Å². The molecule has 2 heterocycles. The average molecular weight is 303 g/mol. The summed E-state index contributed by atoms with van der Waals surface area (Å²) in [5.41, 5.74) is 1.78. The zero-order chi connectivity index (χ0) is 15.1. The summed E-state index contributed by atoms with van der Waals surface area (Å²) in [6.07, 6.45) is 4.04. The van der Waals surface area contributed by atoms with Crippen LogP contribution in [0.3, 0.4) is 0 Å². The number of halogens is 1. The normalized spacial score (nSPS) is 25.7. The SMILES string of the molecule is CCn1c(CN2CCO[C@@H]3CCC[C@H]32)nc2cc(F)ccc21. The van der Waals surface area contributed by atoms with Crippen molar-refractivity contribution in [2.24, 2.45) is 0 Å². The number of aryl methyl sites for hydroxylation is 1. The maximum absolute atomic E-state index is 13.4. The number of benzene rings is 1. The van der Waals surface area contributed by atoms with E-state index in [4.69, 9.17) is 9.72 Å². The van der Waals surface area contributed by atoms with Gasteiger partial charge in [-0.2, -0.15) is 0 Å². The third-order valence-electron chi connectivity index (χ3n) is 5.05. The van der Waals surface area contributed by atoms with E-state index >= 15 is 0 Å². The van der Waals surface area contributed by atoms with Crippen molar-refractivity contribution in [3.8, 4) is 0 Å². The minimum absolute atomic E-state index is 0.220. The summed E-state index contributed by atoms with van der Waals surface area (Å²) in [7, 11) is 0. The number of imidazole rings is 1. The highest BCUT2D eigenvalue weighted by Crippen LogP contribution is 2.31. The summed E-state index contributed by atoms with van der Waals surface area (Å²) in [5.74, 6) is 0.817. The van der Waals surface area contributed by atoms with Gasteiger partial charge in [0.2, 0.25) is 0 Å². The Morgan fingerprint density at radius 3 is 3.14 bits per heavy atom. The summed E-state index contributed by atoms with van der Waals surface area (Å²) < 4.78 is 21.5. The van der Waals surface area contributed by atoms with Crippen LogP contribution in [0.15, 0.2) is 18.2 Å². The van der Waals surface area contributed by atoms with E-state index in [0.717, 1.165) is 43.1 Å². The van der Waals surface area contributed by atoms with Crippen LogP contribution in [0.25, 0.3) is 11.0 Å². The van der Waals surface area contributed by atoms with Crippen LogP contribution >= 0.6 is 0 Å². The molecule has 0 amide bonds. The Morgan fingerprint density at radius 2 is 2.27 bits per heavy atom. The van der Waals surface area contributed by atoms with E-state index < -0.39 is 0 Å². The zero-order valence-electron chi connectivity index (χ0n) is 13.0. The lowest BCUT2D eigenvalue weighted by atomic mass is 10.1. The highest BCUT2D eigenvalue weighted by atomic mass is 19.1. The molecular weight excluding hydrogens is 281 g/mol. The minimum Gasteiger partial charge on any atom is -0.375 e. The van der Waals surface area contributed by atoms with Crippen molar-refractivity contribution in [2.75, 3.05) is 13.2 Å². The largest absolute Gasteiger partial charge is 0.375 e. The van der Waals surface area contributed by atoms with Gasteiger partial charge in [0.15, 0.2) is 0 Å². The highest BCUT2D eigenvalue weighted by Gasteiger charge is 2.36. The topological polar surface area (TPSA) is 30.3 Å². The maximum Gasteiger partial charge on any atom is 0.125 e. The molecule has 22 heavy (non-hydrogen) atoms. The van der Waals surface area contributed by atoms with Crippen LogP contribution in [0.5, 0.6) is 0 Å². The molecule has 2 fully saturated rings. The first-order valence-corrected chi connectivity index (χ1v) is 8.26. The van der Waals surface area contributed by atoms with E-state index in [1.54, 1.807) is 0 Å². The molecule has 0 bridgehead atoms. The Morgan fingerprint density at radius 1 is 1.36 bits per heavy atom. The van der Waals surface area contributed by atoms with Crippen molar-refractivity contribution in [1.82, 2.24) is 14.5 Å². The number of ether oxygens (including phenoxy) is 1. The molecule has 0 N–H and O–H groups in total. The Bertz CT molecular complexity index is 684. The zero-order valence-corrected chi connectivity index (χ0v) is 13.0. The number of fused-ring (bicyclic) bond motifs is 2. The van der Waals surface area contributed by atoms with Crippen molar-refractivity contribution in [2.45, 2.75) is 51.4 Å². The Labute approximate surface area is 129 Å². The number of hydrogen-bond donors (Lipinski definition) is 0. The summed E-state index contributed by atoms with van der Waals surface area (Å²) >= 11 is 0. The van der Waals surface area contributed by atoms with Crippen LogP contribution in [0, 0.1) is 5.82 Å². The predicted molar refractivity (Wildman–Crippen MR) is 83.2 cm³/mol. The Kier molecular flexibility index (Phi) is 3.62. The van der Waals surface area contributed by atoms with E-state index in [-0.39, 0.29) is 5.82 Å². The van der Waals surface area contributed by atoms with Gasteiger partial charge in [0.1, 0.15) is 11.6 Å². The van der Waals surface area contributed by atoms with Crippen molar-refractivity contribution in [3.63, 3.8) is 0 Å². The van der Waals surface area contributed by atoms with Crippen molar-refractivity contribution in [3.05, 3.63) is 29.8 Å². The second-order valence-corrected chi connectivity index (χ2v) is 6.28. The van der Waals surface area contributed by atoms with Crippen LogP contribution in [0.1, 0.15) is 32.0 Å².